The van der Waals surface area contributed by atoms with Crippen LogP contribution in [0.1, 0.15) is 12.5 Å². The van der Waals surface area contributed by atoms with Crippen LogP contribution in [-0.2, 0) is 16.0 Å². The van der Waals surface area contributed by atoms with Crippen LogP contribution in [0.3, 0.4) is 0 Å². The maximum atomic E-state index is 12.0. The Labute approximate surface area is 142 Å². The van der Waals surface area contributed by atoms with Crippen molar-refractivity contribution in [2.45, 2.75) is 13.3 Å². The number of aryl methyl sites for hydroxylation is 1. The Bertz CT molecular complexity index is 640. The molecule has 0 fully saturated rings. The molecule has 1 amide bonds. The molecular formula is C19H23NO4. The van der Waals surface area contributed by atoms with Gasteiger partial charge in [0.05, 0.1) is 6.61 Å². The van der Waals surface area contributed by atoms with Crippen LogP contribution in [0.15, 0.2) is 48.5 Å². The fourth-order valence-corrected chi connectivity index (χ4v) is 2.08. The summed E-state index contributed by atoms with van der Waals surface area (Å²) < 4.78 is 15.9. The van der Waals surface area contributed by atoms with Crippen molar-refractivity contribution < 1.29 is 19.0 Å². The molecule has 0 aliphatic rings. The lowest BCUT2D eigenvalue weighted by Gasteiger charge is -2.09. The minimum Gasteiger partial charge on any atom is -0.491 e. The number of anilines is 1. The zero-order valence-electron chi connectivity index (χ0n) is 14.1. The van der Waals surface area contributed by atoms with Crippen LogP contribution >= 0.6 is 0 Å². The third-order valence-corrected chi connectivity index (χ3v) is 3.37. The summed E-state index contributed by atoms with van der Waals surface area (Å²) in [6.07, 6.45) is 0.933. The van der Waals surface area contributed by atoms with Crippen molar-refractivity contribution in [1.82, 2.24) is 0 Å². The molecule has 0 saturated heterocycles. The summed E-state index contributed by atoms with van der Waals surface area (Å²) >= 11 is 0. The summed E-state index contributed by atoms with van der Waals surface area (Å²) in [5.74, 6) is 1.23. The highest BCUT2D eigenvalue weighted by molar-refractivity contribution is 5.91. The van der Waals surface area contributed by atoms with E-state index in [1.807, 2.05) is 24.3 Å². The van der Waals surface area contributed by atoms with E-state index < -0.39 is 0 Å². The number of rotatable bonds is 9. The van der Waals surface area contributed by atoms with E-state index in [9.17, 15) is 4.79 Å². The van der Waals surface area contributed by atoms with Gasteiger partial charge in [0.15, 0.2) is 6.61 Å². The molecule has 0 spiro atoms. The second kappa shape index (κ2) is 9.57. The van der Waals surface area contributed by atoms with Crippen molar-refractivity contribution in [3.05, 3.63) is 54.1 Å². The number of methoxy groups -OCH3 is 1. The Hall–Kier alpha value is -2.53. The molecule has 0 atom stereocenters. The molecular weight excluding hydrogens is 306 g/mol. The number of amides is 1. The van der Waals surface area contributed by atoms with Crippen LogP contribution in [0.25, 0.3) is 0 Å². The fourth-order valence-electron chi connectivity index (χ4n) is 2.08. The first-order valence-corrected chi connectivity index (χ1v) is 7.94. The smallest absolute Gasteiger partial charge is 0.262 e. The number of benzene rings is 2. The van der Waals surface area contributed by atoms with Gasteiger partial charge < -0.3 is 19.5 Å². The quantitative estimate of drug-likeness (QED) is 0.717. The Morgan fingerprint density at radius 3 is 2.50 bits per heavy atom. The van der Waals surface area contributed by atoms with Gasteiger partial charge in [-0.1, -0.05) is 19.1 Å². The summed E-state index contributed by atoms with van der Waals surface area (Å²) in [6, 6.07) is 14.9. The predicted octanol–water partition coefficient (Wildman–Crippen LogP) is 3.29. The zero-order chi connectivity index (χ0) is 17.2. The number of hydrogen-bond donors (Lipinski definition) is 1. The normalized spacial score (nSPS) is 10.2. The van der Waals surface area contributed by atoms with Gasteiger partial charge in [-0.05, 0) is 48.4 Å². The lowest BCUT2D eigenvalue weighted by molar-refractivity contribution is -0.118. The highest BCUT2D eigenvalue weighted by Gasteiger charge is 2.04. The van der Waals surface area contributed by atoms with E-state index in [0.717, 1.165) is 12.2 Å². The highest BCUT2D eigenvalue weighted by Crippen LogP contribution is 2.16. The zero-order valence-corrected chi connectivity index (χ0v) is 14.1. The van der Waals surface area contributed by atoms with Crippen LogP contribution in [0.4, 0.5) is 5.69 Å². The second-order valence-corrected chi connectivity index (χ2v) is 5.20. The van der Waals surface area contributed by atoms with E-state index in [2.05, 4.69) is 12.2 Å². The molecule has 0 bridgehead atoms. The molecule has 0 aromatic heterocycles. The van der Waals surface area contributed by atoms with Crippen LogP contribution < -0.4 is 14.8 Å². The monoisotopic (exact) mass is 329 g/mol. The molecule has 5 heteroatoms. The molecule has 5 nitrogen and oxygen atoms in total. The summed E-state index contributed by atoms with van der Waals surface area (Å²) in [6.45, 7) is 3.08. The molecule has 0 aliphatic heterocycles. The van der Waals surface area contributed by atoms with Gasteiger partial charge in [-0.15, -0.1) is 0 Å². The van der Waals surface area contributed by atoms with Crippen molar-refractivity contribution in [2.24, 2.45) is 0 Å². The summed E-state index contributed by atoms with van der Waals surface area (Å²) in [5.41, 5.74) is 1.88. The standard InChI is InChI=1S/C19H23NO4/c1-3-15-5-4-6-18(13-15)24-14-19(21)20-16-7-9-17(10-8-16)23-12-11-22-2/h4-10,13H,3,11-12,14H2,1-2H3,(H,20,21). The van der Waals surface area contributed by atoms with Gasteiger partial charge in [0.2, 0.25) is 0 Å². The number of hydrogen-bond acceptors (Lipinski definition) is 4. The first-order valence-electron chi connectivity index (χ1n) is 7.94. The largest absolute Gasteiger partial charge is 0.491 e. The molecule has 0 radical (unpaired) electrons. The topological polar surface area (TPSA) is 56.8 Å². The van der Waals surface area contributed by atoms with Gasteiger partial charge in [0.25, 0.3) is 5.91 Å². The van der Waals surface area contributed by atoms with Crippen molar-refractivity contribution in [3.8, 4) is 11.5 Å². The first-order chi connectivity index (χ1) is 11.7. The number of carbonyl (C=O) groups excluding carboxylic acids is 1. The highest BCUT2D eigenvalue weighted by atomic mass is 16.5. The molecule has 24 heavy (non-hydrogen) atoms. The first kappa shape index (κ1) is 17.8. The van der Waals surface area contributed by atoms with E-state index >= 15 is 0 Å². The number of ether oxygens (including phenoxy) is 3. The minimum absolute atomic E-state index is 0.0285. The lowest BCUT2D eigenvalue weighted by atomic mass is 10.2. The van der Waals surface area contributed by atoms with E-state index in [1.165, 1.54) is 5.56 Å². The van der Waals surface area contributed by atoms with Gasteiger partial charge in [0, 0.05) is 12.8 Å². The summed E-state index contributed by atoms with van der Waals surface area (Å²) in [4.78, 5) is 12.0. The maximum Gasteiger partial charge on any atom is 0.262 e. The van der Waals surface area contributed by atoms with Crippen LogP contribution in [0.2, 0.25) is 0 Å². The molecule has 1 N–H and O–H groups in total. The minimum atomic E-state index is -0.204. The Morgan fingerprint density at radius 1 is 1.00 bits per heavy atom. The molecule has 0 aliphatic carbocycles. The number of nitrogens with one attached hydrogen (secondary N) is 1. The van der Waals surface area contributed by atoms with Gasteiger partial charge >= 0.3 is 0 Å². The Kier molecular flexibility index (Phi) is 7.11. The van der Waals surface area contributed by atoms with Crippen molar-refractivity contribution >= 4 is 11.6 Å². The molecule has 0 saturated carbocycles. The van der Waals surface area contributed by atoms with Gasteiger partial charge in [-0.25, -0.2) is 0 Å². The molecule has 2 aromatic rings. The van der Waals surface area contributed by atoms with Crippen molar-refractivity contribution in [1.29, 1.82) is 0 Å². The van der Waals surface area contributed by atoms with Gasteiger partial charge in [-0.3, -0.25) is 4.79 Å². The third-order valence-electron chi connectivity index (χ3n) is 3.37. The Morgan fingerprint density at radius 2 is 1.79 bits per heavy atom. The molecule has 0 heterocycles. The Balaban J connectivity index is 1.79. The van der Waals surface area contributed by atoms with Crippen molar-refractivity contribution in [2.75, 3.05) is 32.2 Å². The summed E-state index contributed by atoms with van der Waals surface area (Å²) in [5, 5.41) is 2.79. The van der Waals surface area contributed by atoms with Crippen LogP contribution in [0, 0.1) is 0 Å². The van der Waals surface area contributed by atoms with Crippen LogP contribution in [0.5, 0.6) is 11.5 Å². The molecule has 2 aromatic carbocycles. The average Bonchev–Trinajstić information content (AvgIpc) is 2.62. The van der Waals surface area contributed by atoms with E-state index in [0.29, 0.717) is 24.7 Å². The van der Waals surface area contributed by atoms with E-state index in [-0.39, 0.29) is 12.5 Å². The van der Waals surface area contributed by atoms with E-state index in [1.54, 1.807) is 31.4 Å². The molecule has 128 valence electrons. The van der Waals surface area contributed by atoms with Crippen molar-refractivity contribution in [3.63, 3.8) is 0 Å². The SMILES string of the molecule is CCc1cccc(OCC(=O)Nc2ccc(OCCOC)cc2)c1. The van der Waals surface area contributed by atoms with E-state index in [4.69, 9.17) is 14.2 Å². The average molecular weight is 329 g/mol. The fraction of sp³-hybridized carbons (Fsp3) is 0.316. The molecule has 2 rings (SSSR count). The summed E-state index contributed by atoms with van der Waals surface area (Å²) in [7, 11) is 1.63. The van der Waals surface area contributed by atoms with Gasteiger partial charge in [-0.2, -0.15) is 0 Å². The maximum absolute atomic E-state index is 12.0. The number of carbonyl (C=O) groups is 1. The predicted molar refractivity (Wildman–Crippen MR) is 93.8 cm³/mol. The lowest BCUT2D eigenvalue weighted by Crippen LogP contribution is -2.20. The second-order valence-electron chi connectivity index (χ2n) is 5.20. The van der Waals surface area contributed by atoms with Gasteiger partial charge in [0.1, 0.15) is 18.1 Å². The van der Waals surface area contributed by atoms with Crippen LogP contribution in [-0.4, -0.2) is 32.8 Å². The third kappa shape index (κ3) is 5.93. The molecule has 0 unspecified atom stereocenters.